The minimum absolute atomic E-state index is 0.247. The Bertz CT molecular complexity index is 815. The van der Waals surface area contributed by atoms with Crippen LogP contribution in [0.4, 0.5) is 0 Å². The molecule has 0 saturated heterocycles. The third-order valence-corrected chi connectivity index (χ3v) is 4.66. The summed E-state index contributed by atoms with van der Waals surface area (Å²) in [5.41, 5.74) is 1.88. The van der Waals surface area contributed by atoms with E-state index in [-0.39, 0.29) is 13.2 Å². The van der Waals surface area contributed by atoms with Crippen LogP contribution in [0.2, 0.25) is 0 Å². The van der Waals surface area contributed by atoms with Crippen molar-refractivity contribution < 1.29 is 32.7 Å². The predicted octanol–water partition coefficient (Wildman–Crippen LogP) is 4.08. The predicted molar refractivity (Wildman–Crippen MR) is 113 cm³/mol. The summed E-state index contributed by atoms with van der Waals surface area (Å²) in [7, 11) is -2.79. The molecule has 2 rings (SSSR count). The molecule has 158 valence electrons. The first kappa shape index (κ1) is 23.0. The molecule has 2 aromatic rings. The molecule has 0 unspecified atom stereocenters. The van der Waals surface area contributed by atoms with E-state index in [9.17, 15) is 14.2 Å². The highest BCUT2D eigenvalue weighted by Gasteiger charge is 2.06. The summed E-state index contributed by atoms with van der Waals surface area (Å²) in [5, 5.41) is 0. The van der Waals surface area contributed by atoms with Gasteiger partial charge in [0, 0.05) is 25.0 Å². The summed E-state index contributed by atoms with van der Waals surface area (Å²) in [6, 6.07) is 13.9. The van der Waals surface area contributed by atoms with Crippen LogP contribution >= 0.6 is 8.25 Å². The van der Waals surface area contributed by atoms with Crippen LogP contribution in [0.25, 0.3) is 0 Å². The van der Waals surface area contributed by atoms with E-state index in [0.717, 1.165) is 23.3 Å². The van der Waals surface area contributed by atoms with E-state index < -0.39 is 20.2 Å². The molecule has 0 aliphatic rings. The molecule has 7 nitrogen and oxygen atoms in total. The second-order valence-electron chi connectivity index (χ2n) is 5.99. The van der Waals surface area contributed by atoms with Gasteiger partial charge in [0.25, 0.3) is 0 Å². The maximum Gasteiger partial charge on any atom is 0.418 e. The Morgan fingerprint density at radius 3 is 1.43 bits per heavy atom. The van der Waals surface area contributed by atoms with E-state index >= 15 is 0 Å². The molecule has 0 heterocycles. The van der Waals surface area contributed by atoms with E-state index in [1.54, 1.807) is 48.5 Å². The lowest BCUT2D eigenvalue weighted by molar-refractivity contribution is -0.138. The topological polar surface area (TPSA) is 88.1 Å². The Balaban J connectivity index is 1.76. The number of hydrogen-bond acceptors (Lipinski definition) is 7. The molecule has 2 aromatic carbocycles. The van der Waals surface area contributed by atoms with Crippen molar-refractivity contribution in [2.24, 2.45) is 0 Å². The Labute approximate surface area is 175 Å². The van der Waals surface area contributed by atoms with Crippen LogP contribution in [0.3, 0.4) is 0 Å². The third kappa shape index (κ3) is 8.37. The number of ether oxygens (including phenoxy) is 2. The van der Waals surface area contributed by atoms with E-state index in [1.807, 2.05) is 0 Å². The first-order valence-corrected chi connectivity index (χ1v) is 10.4. The van der Waals surface area contributed by atoms with Gasteiger partial charge in [0.05, 0.1) is 13.2 Å². The summed E-state index contributed by atoms with van der Waals surface area (Å²) < 4.78 is 32.6. The van der Waals surface area contributed by atoms with Gasteiger partial charge in [-0.1, -0.05) is 37.4 Å². The summed E-state index contributed by atoms with van der Waals surface area (Å²) in [6.07, 6.45) is 3.32. The van der Waals surface area contributed by atoms with Gasteiger partial charge in [-0.15, -0.1) is 0 Å². The van der Waals surface area contributed by atoms with Gasteiger partial charge in [0.2, 0.25) is 0 Å². The molecule has 0 fully saturated rings. The fourth-order valence-corrected chi connectivity index (χ4v) is 3.02. The van der Waals surface area contributed by atoms with E-state index in [0.29, 0.717) is 24.3 Å². The van der Waals surface area contributed by atoms with Gasteiger partial charge in [-0.2, -0.15) is 0 Å². The molecule has 0 aromatic heterocycles. The summed E-state index contributed by atoms with van der Waals surface area (Å²) in [6.45, 7) is 7.16. The second-order valence-corrected chi connectivity index (χ2v) is 6.89. The third-order valence-electron chi connectivity index (χ3n) is 3.85. The molecule has 0 aliphatic heterocycles. The van der Waals surface area contributed by atoms with Crippen molar-refractivity contribution in [3.05, 3.63) is 85.0 Å². The van der Waals surface area contributed by atoms with Gasteiger partial charge < -0.3 is 18.5 Å². The summed E-state index contributed by atoms with van der Waals surface area (Å²) in [4.78, 5) is 22.0. The van der Waals surface area contributed by atoms with Crippen LogP contribution < -0.4 is 9.05 Å². The molecule has 8 heteroatoms. The average Bonchev–Trinajstić information content (AvgIpc) is 2.75. The fraction of sp³-hybridized carbons (Fsp3) is 0.182. The summed E-state index contributed by atoms with van der Waals surface area (Å²) in [5.74, 6) is -0.109. The molecule has 0 saturated carbocycles. The maximum atomic E-state index is 12.1. The van der Waals surface area contributed by atoms with Gasteiger partial charge in [-0.3, -0.25) is 0 Å². The smallest absolute Gasteiger partial charge is 0.418 e. The first-order chi connectivity index (χ1) is 14.5. The SMILES string of the molecule is C=CC(=O)OCCc1ccc(O[PH](=O)Oc2ccc(CCOC(=O)C=C)cc2)cc1. The minimum atomic E-state index is -2.79. The Kier molecular flexibility index (Phi) is 9.42. The highest BCUT2D eigenvalue weighted by Crippen LogP contribution is 2.30. The molecule has 0 atom stereocenters. The van der Waals surface area contributed by atoms with Crippen LogP contribution in [-0.4, -0.2) is 25.2 Å². The van der Waals surface area contributed by atoms with Crippen molar-refractivity contribution in [2.45, 2.75) is 12.8 Å². The van der Waals surface area contributed by atoms with Gasteiger partial charge in [-0.25, -0.2) is 14.2 Å². The van der Waals surface area contributed by atoms with Crippen molar-refractivity contribution in [1.82, 2.24) is 0 Å². The van der Waals surface area contributed by atoms with Gasteiger partial charge >= 0.3 is 20.2 Å². The zero-order valence-corrected chi connectivity index (χ0v) is 17.4. The fourth-order valence-electron chi connectivity index (χ4n) is 2.32. The van der Waals surface area contributed by atoms with E-state index in [1.165, 1.54) is 0 Å². The zero-order chi connectivity index (χ0) is 21.8. The Hall–Kier alpha value is -3.31. The van der Waals surface area contributed by atoms with Crippen LogP contribution in [0.1, 0.15) is 11.1 Å². The molecular formula is C22H23O7P. The van der Waals surface area contributed by atoms with Crippen molar-refractivity contribution in [3.63, 3.8) is 0 Å². The molecule has 0 amide bonds. The number of benzene rings is 2. The first-order valence-electron chi connectivity index (χ1n) is 9.16. The highest BCUT2D eigenvalue weighted by molar-refractivity contribution is 7.34. The van der Waals surface area contributed by atoms with E-state index in [4.69, 9.17) is 18.5 Å². The standard InChI is InChI=1S/C22H23O7P/c1-3-21(23)26-15-13-17-5-9-19(10-6-17)28-30(25)29-20-11-7-18(8-12-20)14-16-27-22(24)4-2/h3-12,30H,1-2,13-16H2. The van der Waals surface area contributed by atoms with Gasteiger partial charge in [0.15, 0.2) is 0 Å². The number of esters is 2. The van der Waals surface area contributed by atoms with E-state index in [2.05, 4.69) is 13.2 Å². The molecular weight excluding hydrogens is 407 g/mol. The molecule has 0 spiro atoms. The largest absolute Gasteiger partial charge is 0.462 e. The number of rotatable bonds is 12. The molecule has 0 radical (unpaired) electrons. The monoisotopic (exact) mass is 430 g/mol. The second kappa shape index (κ2) is 12.3. The summed E-state index contributed by atoms with van der Waals surface area (Å²) >= 11 is 0. The lowest BCUT2D eigenvalue weighted by Crippen LogP contribution is -2.04. The van der Waals surface area contributed by atoms with Crippen molar-refractivity contribution in [1.29, 1.82) is 0 Å². The van der Waals surface area contributed by atoms with Crippen molar-refractivity contribution >= 4 is 20.2 Å². The van der Waals surface area contributed by atoms with Gasteiger partial charge in [-0.05, 0) is 35.4 Å². The van der Waals surface area contributed by atoms with Crippen LogP contribution in [0.5, 0.6) is 11.5 Å². The van der Waals surface area contributed by atoms with Crippen molar-refractivity contribution in [3.8, 4) is 11.5 Å². The molecule has 0 bridgehead atoms. The maximum absolute atomic E-state index is 12.1. The molecule has 30 heavy (non-hydrogen) atoms. The lowest BCUT2D eigenvalue weighted by Gasteiger charge is -2.09. The number of hydrogen-bond donors (Lipinski definition) is 0. The van der Waals surface area contributed by atoms with Gasteiger partial charge in [0.1, 0.15) is 11.5 Å². The normalized spacial score (nSPS) is 10.2. The van der Waals surface area contributed by atoms with Crippen molar-refractivity contribution in [2.75, 3.05) is 13.2 Å². The Morgan fingerprint density at radius 2 is 1.10 bits per heavy atom. The zero-order valence-electron chi connectivity index (χ0n) is 16.4. The molecule has 0 aliphatic carbocycles. The lowest BCUT2D eigenvalue weighted by atomic mass is 10.1. The van der Waals surface area contributed by atoms with Crippen LogP contribution in [0, 0.1) is 0 Å². The number of carbonyl (C=O) groups excluding carboxylic acids is 2. The Morgan fingerprint density at radius 1 is 0.733 bits per heavy atom. The average molecular weight is 430 g/mol. The van der Waals surface area contributed by atoms with Crippen LogP contribution in [0.15, 0.2) is 73.8 Å². The highest BCUT2D eigenvalue weighted by atomic mass is 31.1. The van der Waals surface area contributed by atoms with Crippen LogP contribution in [-0.2, 0) is 36.5 Å². The quantitative estimate of drug-likeness (QED) is 0.285. The minimum Gasteiger partial charge on any atom is -0.462 e. The molecule has 0 N–H and O–H groups in total. The number of carbonyl (C=O) groups is 2.